The summed E-state index contributed by atoms with van der Waals surface area (Å²) in [6.45, 7) is 2.70. The van der Waals surface area contributed by atoms with E-state index in [-0.39, 0.29) is 11.7 Å². The quantitative estimate of drug-likeness (QED) is 0.403. The second-order valence-electron chi connectivity index (χ2n) is 6.99. The lowest BCUT2D eigenvalue weighted by molar-refractivity contribution is 0.0951. The van der Waals surface area contributed by atoms with Gasteiger partial charge in [0.2, 0.25) is 0 Å². The van der Waals surface area contributed by atoms with Gasteiger partial charge in [0.05, 0.1) is 17.8 Å². The fourth-order valence-corrected chi connectivity index (χ4v) is 3.48. The maximum Gasteiger partial charge on any atom is 0.251 e. The molecule has 6 heteroatoms. The van der Waals surface area contributed by atoms with Gasteiger partial charge in [0.25, 0.3) is 5.91 Å². The van der Waals surface area contributed by atoms with Crippen molar-refractivity contribution in [3.05, 3.63) is 94.8 Å². The molecule has 0 spiro atoms. The molecule has 0 aliphatic heterocycles. The van der Waals surface area contributed by atoms with Crippen LogP contribution in [0.25, 0.3) is 22.2 Å². The van der Waals surface area contributed by atoms with E-state index in [1.807, 2.05) is 37.3 Å². The summed E-state index contributed by atoms with van der Waals surface area (Å²) in [5, 5.41) is 4.24. The number of nitrogens with zero attached hydrogens (tertiary/aromatic N) is 1. The number of hydrogen-bond acceptors (Lipinski definition) is 3. The molecule has 1 heterocycles. The van der Waals surface area contributed by atoms with Gasteiger partial charge in [-0.15, -0.1) is 0 Å². The molecule has 0 aliphatic carbocycles. The second-order valence-corrected chi connectivity index (χ2v) is 7.43. The third-order valence-corrected chi connectivity index (χ3v) is 5.05. The highest BCUT2D eigenvalue weighted by atomic mass is 35.5. The molecule has 156 valence electrons. The van der Waals surface area contributed by atoms with Crippen molar-refractivity contribution < 1.29 is 13.9 Å². The Kier molecular flexibility index (Phi) is 6.14. The third kappa shape index (κ3) is 4.84. The van der Waals surface area contributed by atoms with E-state index in [4.69, 9.17) is 21.3 Å². The number of pyridine rings is 1. The van der Waals surface area contributed by atoms with Crippen molar-refractivity contribution in [2.24, 2.45) is 0 Å². The van der Waals surface area contributed by atoms with E-state index in [0.29, 0.717) is 29.5 Å². The normalized spacial score (nSPS) is 10.8. The number of amides is 1. The Bertz CT molecular complexity index is 1240. The molecule has 0 atom stereocenters. The summed E-state index contributed by atoms with van der Waals surface area (Å²) in [4.78, 5) is 17.4. The first kappa shape index (κ1) is 20.8. The molecule has 0 radical (unpaired) electrons. The van der Waals surface area contributed by atoms with Gasteiger partial charge >= 0.3 is 0 Å². The smallest absolute Gasteiger partial charge is 0.251 e. The zero-order chi connectivity index (χ0) is 21.8. The molecule has 1 aromatic heterocycles. The van der Waals surface area contributed by atoms with E-state index in [2.05, 4.69) is 5.32 Å². The predicted octanol–water partition coefficient (Wildman–Crippen LogP) is 6.02. The largest absolute Gasteiger partial charge is 0.493 e. The molecule has 31 heavy (non-hydrogen) atoms. The lowest BCUT2D eigenvalue weighted by Gasteiger charge is -2.12. The van der Waals surface area contributed by atoms with Crippen LogP contribution in [0.15, 0.2) is 72.8 Å². The lowest BCUT2D eigenvalue weighted by Crippen LogP contribution is -2.22. The van der Waals surface area contributed by atoms with Gasteiger partial charge in [0.1, 0.15) is 11.6 Å². The number of hydrogen-bond donors (Lipinski definition) is 1. The minimum Gasteiger partial charge on any atom is -0.493 e. The zero-order valence-corrected chi connectivity index (χ0v) is 17.6. The monoisotopic (exact) mass is 434 g/mol. The molecule has 4 nitrogen and oxygen atoms in total. The van der Waals surface area contributed by atoms with Crippen LogP contribution in [0, 0.1) is 5.82 Å². The lowest BCUT2D eigenvalue weighted by atomic mass is 10.1. The summed E-state index contributed by atoms with van der Waals surface area (Å²) in [6, 6.07) is 20.7. The van der Waals surface area contributed by atoms with Crippen molar-refractivity contribution in [2.45, 2.75) is 13.5 Å². The Morgan fingerprint density at radius 2 is 1.87 bits per heavy atom. The number of ether oxygens (including phenoxy) is 1. The summed E-state index contributed by atoms with van der Waals surface area (Å²) in [7, 11) is 0. The van der Waals surface area contributed by atoms with Gasteiger partial charge in [0, 0.05) is 34.1 Å². The van der Waals surface area contributed by atoms with Crippen molar-refractivity contribution in [3.8, 4) is 17.0 Å². The van der Waals surface area contributed by atoms with Crippen LogP contribution < -0.4 is 10.1 Å². The van der Waals surface area contributed by atoms with Crippen LogP contribution in [0.3, 0.4) is 0 Å². The molecule has 3 aromatic carbocycles. The van der Waals surface area contributed by atoms with Gasteiger partial charge in [-0.05, 0) is 55.0 Å². The van der Waals surface area contributed by atoms with Gasteiger partial charge in [-0.3, -0.25) is 4.79 Å². The maximum atomic E-state index is 13.0. The molecule has 0 fully saturated rings. The Balaban J connectivity index is 1.64. The number of fused-ring (bicyclic) bond motifs is 1. The number of aromatic nitrogens is 1. The number of nitrogens with one attached hydrogen (secondary N) is 1. The second kappa shape index (κ2) is 9.14. The molecule has 0 bridgehead atoms. The van der Waals surface area contributed by atoms with Gasteiger partial charge in [0.15, 0.2) is 0 Å². The van der Waals surface area contributed by atoms with Gasteiger partial charge in [-0.25, -0.2) is 9.37 Å². The number of carbonyl (C=O) groups excluding carboxylic acids is 1. The first-order chi connectivity index (χ1) is 15.0. The van der Waals surface area contributed by atoms with E-state index < -0.39 is 0 Å². The molecular formula is C25H20ClFN2O2. The van der Waals surface area contributed by atoms with Crippen LogP contribution in [0.4, 0.5) is 4.39 Å². The fourth-order valence-electron chi connectivity index (χ4n) is 3.29. The fraction of sp³-hybridized carbons (Fsp3) is 0.120. The van der Waals surface area contributed by atoms with Crippen molar-refractivity contribution in [2.75, 3.05) is 6.61 Å². The van der Waals surface area contributed by atoms with Crippen LogP contribution in [0.2, 0.25) is 5.02 Å². The van der Waals surface area contributed by atoms with Gasteiger partial charge in [-0.1, -0.05) is 35.9 Å². The predicted molar refractivity (Wildman–Crippen MR) is 121 cm³/mol. The summed E-state index contributed by atoms with van der Waals surface area (Å²) in [6.07, 6.45) is 0. The summed E-state index contributed by atoms with van der Waals surface area (Å²) < 4.78 is 18.9. The van der Waals surface area contributed by atoms with Crippen molar-refractivity contribution >= 4 is 28.4 Å². The molecule has 1 amide bonds. The van der Waals surface area contributed by atoms with Crippen LogP contribution in [-0.2, 0) is 6.54 Å². The van der Waals surface area contributed by atoms with E-state index in [1.165, 1.54) is 12.1 Å². The standard InChI is InChI=1S/C25H20ClFN2O2/c1-2-31-24-14-23(17-4-3-5-19(26)12-17)29-22-11-8-18(13-21(22)24)25(30)28-15-16-6-9-20(27)10-7-16/h3-14H,2,15H2,1H3,(H,28,30). The Labute approximate surface area is 184 Å². The molecule has 4 aromatic rings. The van der Waals surface area contributed by atoms with Crippen molar-refractivity contribution in [3.63, 3.8) is 0 Å². The molecule has 4 rings (SSSR count). The number of benzene rings is 3. The Hall–Kier alpha value is -3.44. The number of carbonyl (C=O) groups is 1. The van der Waals surface area contributed by atoms with E-state index in [0.717, 1.165) is 27.7 Å². The molecule has 0 aliphatic rings. The number of rotatable bonds is 6. The maximum absolute atomic E-state index is 13.0. The zero-order valence-electron chi connectivity index (χ0n) is 16.9. The van der Waals surface area contributed by atoms with E-state index >= 15 is 0 Å². The molecule has 1 N–H and O–H groups in total. The minimum absolute atomic E-state index is 0.229. The highest BCUT2D eigenvalue weighted by Gasteiger charge is 2.13. The van der Waals surface area contributed by atoms with E-state index in [9.17, 15) is 9.18 Å². The van der Waals surface area contributed by atoms with Crippen LogP contribution in [0.5, 0.6) is 5.75 Å². The SMILES string of the molecule is CCOc1cc(-c2cccc(Cl)c2)nc2ccc(C(=O)NCc3ccc(F)cc3)cc12. The minimum atomic E-state index is -0.308. The molecule has 0 saturated carbocycles. The highest BCUT2D eigenvalue weighted by Crippen LogP contribution is 2.31. The molecule has 0 saturated heterocycles. The van der Waals surface area contributed by atoms with Crippen molar-refractivity contribution in [1.82, 2.24) is 10.3 Å². The van der Waals surface area contributed by atoms with Gasteiger partial charge in [-0.2, -0.15) is 0 Å². The van der Waals surface area contributed by atoms with Gasteiger partial charge < -0.3 is 10.1 Å². The first-order valence-electron chi connectivity index (χ1n) is 9.89. The Morgan fingerprint density at radius 1 is 1.06 bits per heavy atom. The topological polar surface area (TPSA) is 51.2 Å². The van der Waals surface area contributed by atoms with Crippen LogP contribution in [0.1, 0.15) is 22.8 Å². The summed E-state index contributed by atoms with van der Waals surface area (Å²) in [5.74, 6) is 0.112. The van der Waals surface area contributed by atoms with Crippen molar-refractivity contribution in [1.29, 1.82) is 0 Å². The van der Waals surface area contributed by atoms with Crippen LogP contribution >= 0.6 is 11.6 Å². The average molecular weight is 435 g/mol. The third-order valence-electron chi connectivity index (χ3n) is 4.82. The first-order valence-corrected chi connectivity index (χ1v) is 10.3. The highest BCUT2D eigenvalue weighted by molar-refractivity contribution is 6.30. The molecular weight excluding hydrogens is 415 g/mol. The summed E-state index contributed by atoms with van der Waals surface area (Å²) >= 11 is 6.13. The Morgan fingerprint density at radius 3 is 2.61 bits per heavy atom. The van der Waals surface area contributed by atoms with Crippen LogP contribution in [-0.4, -0.2) is 17.5 Å². The van der Waals surface area contributed by atoms with E-state index in [1.54, 1.807) is 30.3 Å². The number of halogens is 2. The molecule has 0 unspecified atom stereocenters. The average Bonchev–Trinajstić information content (AvgIpc) is 2.78. The summed E-state index contributed by atoms with van der Waals surface area (Å²) in [5.41, 5.74) is 3.66.